The Hall–Kier alpha value is -1.38. The van der Waals surface area contributed by atoms with Crippen LogP contribution in [0.2, 0.25) is 0 Å². The fourth-order valence-corrected chi connectivity index (χ4v) is 3.06. The predicted molar refractivity (Wildman–Crippen MR) is 77.4 cm³/mol. The summed E-state index contributed by atoms with van der Waals surface area (Å²) in [6.45, 7) is 2.22. The van der Waals surface area contributed by atoms with E-state index in [-0.39, 0.29) is 17.5 Å². The quantitative estimate of drug-likeness (QED) is 0.808. The number of ketones is 1. The standard InChI is InChI=1S/C17H23FO2/c1-3-12-4-7-14(8-5-12)16(19)11-13-6-9-17(20-2)15(18)10-13/h6,9-10,12,14H,3-5,7-8,11H2,1-2H3. The van der Waals surface area contributed by atoms with Crippen LogP contribution in [0.4, 0.5) is 4.39 Å². The first-order chi connectivity index (χ1) is 9.63. The van der Waals surface area contributed by atoms with E-state index in [1.54, 1.807) is 12.1 Å². The van der Waals surface area contributed by atoms with Crippen molar-refractivity contribution >= 4 is 5.78 Å². The number of halogens is 1. The van der Waals surface area contributed by atoms with Crippen molar-refractivity contribution in [3.05, 3.63) is 29.6 Å². The summed E-state index contributed by atoms with van der Waals surface area (Å²) >= 11 is 0. The monoisotopic (exact) mass is 278 g/mol. The molecule has 0 aliphatic heterocycles. The molecule has 0 atom stereocenters. The SMILES string of the molecule is CCC1CCC(C(=O)Cc2ccc(OC)c(F)c2)CC1. The van der Waals surface area contributed by atoms with Gasteiger partial charge in [0.1, 0.15) is 5.78 Å². The fourth-order valence-electron chi connectivity index (χ4n) is 3.06. The van der Waals surface area contributed by atoms with Crippen LogP contribution in [0, 0.1) is 17.7 Å². The second kappa shape index (κ2) is 6.87. The van der Waals surface area contributed by atoms with E-state index < -0.39 is 5.82 Å². The smallest absolute Gasteiger partial charge is 0.165 e. The first-order valence-electron chi connectivity index (χ1n) is 7.49. The number of Topliss-reactive ketones (excluding diaryl/α,β-unsaturated/α-hetero) is 1. The van der Waals surface area contributed by atoms with Gasteiger partial charge >= 0.3 is 0 Å². The molecule has 0 radical (unpaired) electrons. The van der Waals surface area contributed by atoms with E-state index in [0.29, 0.717) is 6.42 Å². The lowest BCUT2D eigenvalue weighted by molar-refractivity contribution is -0.123. The molecule has 1 aliphatic carbocycles. The van der Waals surface area contributed by atoms with Crippen molar-refractivity contribution in [1.82, 2.24) is 0 Å². The Kier molecular flexibility index (Phi) is 5.16. The zero-order valence-electron chi connectivity index (χ0n) is 12.3. The topological polar surface area (TPSA) is 26.3 Å². The van der Waals surface area contributed by atoms with Crippen LogP contribution < -0.4 is 4.74 Å². The Morgan fingerprint density at radius 2 is 2.00 bits per heavy atom. The summed E-state index contributed by atoms with van der Waals surface area (Å²) in [4.78, 5) is 12.3. The van der Waals surface area contributed by atoms with Crippen molar-refractivity contribution in [2.45, 2.75) is 45.4 Å². The molecular weight excluding hydrogens is 255 g/mol. The lowest BCUT2D eigenvalue weighted by Crippen LogP contribution is -2.23. The minimum absolute atomic E-state index is 0.169. The number of hydrogen-bond donors (Lipinski definition) is 0. The van der Waals surface area contributed by atoms with Crippen LogP contribution in [0.1, 0.15) is 44.6 Å². The van der Waals surface area contributed by atoms with Gasteiger partial charge in [-0.2, -0.15) is 0 Å². The average Bonchev–Trinajstić information content (AvgIpc) is 2.47. The van der Waals surface area contributed by atoms with Gasteiger partial charge in [0, 0.05) is 12.3 Å². The van der Waals surface area contributed by atoms with Crippen LogP contribution in [0.15, 0.2) is 18.2 Å². The van der Waals surface area contributed by atoms with Gasteiger partial charge in [-0.25, -0.2) is 4.39 Å². The van der Waals surface area contributed by atoms with E-state index in [4.69, 9.17) is 4.74 Å². The molecule has 2 rings (SSSR count). The van der Waals surface area contributed by atoms with E-state index in [0.717, 1.165) is 37.2 Å². The van der Waals surface area contributed by atoms with Gasteiger partial charge in [0.2, 0.25) is 0 Å². The number of carbonyl (C=O) groups excluding carboxylic acids is 1. The maximum atomic E-state index is 13.6. The molecule has 20 heavy (non-hydrogen) atoms. The maximum Gasteiger partial charge on any atom is 0.165 e. The number of methoxy groups -OCH3 is 1. The van der Waals surface area contributed by atoms with Crippen LogP contribution in [-0.4, -0.2) is 12.9 Å². The summed E-state index contributed by atoms with van der Waals surface area (Å²) in [6, 6.07) is 4.78. The molecule has 3 heteroatoms. The molecule has 2 nitrogen and oxygen atoms in total. The summed E-state index contributed by atoms with van der Waals surface area (Å²) in [7, 11) is 1.44. The Labute approximate surface area is 120 Å². The van der Waals surface area contributed by atoms with Gasteiger partial charge in [0.25, 0.3) is 0 Å². The van der Waals surface area contributed by atoms with Crippen molar-refractivity contribution < 1.29 is 13.9 Å². The number of ether oxygens (including phenoxy) is 1. The summed E-state index contributed by atoms with van der Waals surface area (Å²) in [6.07, 6.45) is 5.85. The van der Waals surface area contributed by atoms with Crippen molar-refractivity contribution in [2.24, 2.45) is 11.8 Å². The molecular formula is C17H23FO2. The zero-order valence-corrected chi connectivity index (χ0v) is 12.3. The Bertz CT molecular complexity index is 462. The minimum Gasteiger partial charge on any atom is -0.494 e. The van der Waals surface area contributed by atoms with E-state index in [2.05, 4.69) is 6.92 Å². The highest BCUT2D eigenvalue weighted by Gasteiger charge is 2.25. The zero-order chi connectivity index (χ0) is 14.5. The molecule has 1 fully saturated rings. The van der Waals surface area contributed by atoms with E-state index in [1.807, 2.05) is 0 Å². The largest absolute Gasteiger partial charge is 0.494 e. The molecule has 1 saturated carbocycles. The van der Waals surface area contributed by atoms with E-state index in [9.17, 15) is 9.18 Å². The highest BCUT2D eigenvalue weighted by atomic mass is 19.1. The number of carbonyl (C=O) groups is 1. The van der Waals surface area contributed by atoms with Gasteiger partial charge in [0.05, 0.1) is 7.11 Å². The Morgan fingerprint density at radius 1 is 1.30 bits per heavy atom. The molecule has 110 valence electrons. The maximum absolute atomic E-state index is 13.6. The summed E-state index contributed by atoms with van der Waals surface area (Å²) in [5.41, 5.74) is 0.742. The highest BCUT2D eigenvalue weighted by Crippen LogP contribution is 2.31. The Morgan fingerprint density at radius 3 is 2.55 bits per heavy atom. The molecule has 0 spiro atoms. The molecule has 0 N–H and O–H groups in total. The predicted octanol–water partition coefficient (Wildman–Crippen LogP) is 4.16. The summed E-state index contributed by atoms with van der Waals surface area (Å²) < 4.78 is 18.5. The molecule has 0 saturated heterocycles. The first-order valence-corrected chi connectivity index (χ1v) is 7.49. The molecule has 1 aliphatic rings. The fraction of sp³-hybridized carbons (Fsp3) is 0.588. The van der Waals surface area contributed by atoms with Crippen LogP contribution in [0.3, 0.4) is 0 Å². The van der Waals surface area contributed by atoms with Crippen molar-refractivity contribution in [1.29, 1.82) is 0 Å². The lowest BCUT2D eigenvalue weighted by Gasteiger charge is -2.26. The van der Waals surface area contributed by atoms with Gasteiger partial charge in [-0.15, -0.1) is 0 Å². The Balaban J connectivity index is 1.93. The molecule has 0 amide bonds. The third-order valence-corrected chi connectivity index (χ3v) is 4.47. The molecule has 1 aromatic carbocycles. The van der Waals surface area contributed by atoms with Gasteiger partial charge in [-0.05, 0) is 49.3 Å². The van der Waals surface area contributed by atoms with Crippen molar-refractivity contribution in [2.75, 3.05) is 7.11 Å². The molecule has 1 aromatic rings. The summed E-state index contributed by atoms with van der Waals surface area (Å²) in [5, 5.41) is 0. The third-order valence-electron chi connectivity index (χ3n) is 4.47. The van der Waals surface area contributed by atoms with Crippen LogP contribution in [-0.2, 0) is 11.2 Å². The minimum atomic E-state index is -0.396. The normalized spacial score (nSPS) is 22.6. The number of benzene rings is 1. The molecule has 0 aromatic heterocycles. The van der Waals surface area contributed by atoms with Gasteiger partial charge in [-0.3, -0.25) is 4.79 Å². The molecule has 0 heterocycles. The van der Waals surface area contributed by atoms with Gasteiger partial charge in [-0.1, -0.05) is 19.4 Å². The first kappa shape index (κ1) is 15.0. The summed E-state index contributed by atoms with van der Waals surface area (Å²) in [5.74, 6) is 1.04. The lowest BCUT2D eigenvalue weighted by atomic mass is 9.78. The number of rotatable bonds is 5. The van der Waals surface area contributed by atoms with E-state index in [1.165, 1.54) is 19.6 Å². The third kappa shape index (κ3) is 3.59. The highest BCUT2D eigenvalue weighted by molar-refractivity contribution is 5.83. The number of hydrogen-bond acceptors (Lipinski definition) is 2. The van der Waals surface area contributed by atoms with Crippen molar-refractivity contribution in [3.8, 4) is 5.75 Å². The van der Waals surface area contributed by atoms with Crippen LogP contribution in [0.25, 0.3) is 0 Å². The van der Waals surface area contributed by atoms with Crippen LogP contribution >= 0.6 is 0 Å². The van der Waals surface area contributed by atoms with Crippen molar-refractivity contribution in [3.63, 3.8) is 0 Å². The van der Waals surface area contributed by atoms with Crippen LogP contribution in [0.5, 0.6) is 5.75 Å². The second-order valence-electron chi connectivity index (χ2n) is 5.74. The average molecular weight is 278 g/mol. The van der Waals surface area contributed by atoms with Gasteiger partial charge in [0.15, 0.2) is 11.6 Å². The van der Waals surface area contributed by atoms with E-state index >= 15 is 0 Å². The molecule has 0 bridgehead atoms. The van der Waals surface area contributed by atoms with Gasteiger partial charge < -0.3 is 4.74 Å². The second-order valence-corrected chi connectivity index (χ2v) is 5.74. The molecule has 0 unspecified atom stereocenters.